The Morgan fingerprint density at radius 3 is 3.00 bits per heavy atom. The molecule has 22 heavy (non-hydrogen) atoms. The Kier molecular flexibility index (Phi) is 4.11. The Balaban J connectivity index is 1.93. The number of aromatic nitrogens is 1. The van der Waals surface area contributed by atoms with Gasteiger partial charge in [-0.2, -0.15) is 0 Å². The predicted molar refractivity (Wildman–Crippen MR) is 81.2 cm³/mol. The van der Waals surface area contributed by atoms with Crippen molar-refractivity contribution < 1.29 is 19.0 Å². The van der Waals surface area contributed by atoms with Crippen molar-refractivity contribution in [3.05, 3.63) is 29.8 Å². The molecule has 116 valence electrons. The monoisotopic (exact) mass is 302 g/mol. The van der Waals surface area contributed by atoms with Gasteiger partial charge in [0.15, 0.2) is 0 Å². The van der Waals surface area contributed by atoms with Crippen LogP contribution in [0.25, 0.3) is 10.9 Å². The molecule has 1 amide bonds. The van der Waals surface area contributed by atoms with E-state index >= 15 is 0 Å². The minimum Gasteiger partial charge on any atom is -0.494 e. The van der Waals surface area contributed by atoms with Gasteiger partial charge in [0, 0.05) is 24.6 Å². The third kappa shape index (κ3) is 2.82. The average molecular weight is 302 g/mol. The highest BCUT2D eigenvalue weighted by molar-refractivity contribution is 5.83. The first-order valence-electron chi connectivity index (χ1n) is 7.23. The molecule has 0 unspecified atom stereocenters. The van der Waals surface area contributed by atoms with Gasteiger partial charge in [-0.1, -0.05) is 0 Å². The zero-order valence-corrected chi connectivity index (χ0v) is 12.7. The van der Waals surface area contributed by atoms with E-state index in [4.69, 9.17) is 14.2 Å². The topological polar surface area (TPSA) is 60.9 Å². The van der Waals surface area contributed by atoms with Crippen molar-refractivity contribution in [1.29, 1.82) is 0 Å². The van der Waals surface area contributed by atoms with Crippen molar-refractivity contribution >= 4 is 17.0 Å². The van der Waals surface area contributed by atoms with Gasteiger partial charge in [0.25, 0.3) is 0 Å². The number of carbonyl (C=O) groups is 1. The standard InChI is InChI=1S/C16H18N2O4/c1-3-21-13-4-5-14-11(9-13)8-12-10-18(6-7-20-2)16(19)22-15(12)17-14/h4-5,8-9H,3,6-7,10H2,1-2H3. The van der Waals surface area contributed by atoms with Crippen LogP contribution in [0.15, 0.2) is 24.3 Å². The van der Waals surface area contributed by atoms with E-state index in [0.29, 0.717) is 32.2 Å². The molecule has 1 aliphatic rings. The molecule has 0 atom stereocenters. The van der Waals surface area contributed by atoms with E-state index in [2.05, 4.69) is 4.98 Å². The number of ether oxygens (including phenoxy) is 3. The number of pyridine rings is 1. The summed E-state index contributed by atoms with van der Waals surface area (Å²) in [6, 6.07) is 7.67. The SMILES string of the molecule is CCOc1ccc2nc3c(cc2c1)CN(CCOC)C(=O)O3. The largest absolute Gasteiger partial charge is 0.494 e. The summed E-state index contributed by atoms with van der Waals surface area (Å²) in [6.07, 6.45) is -0.387. The third-order valence-corrected chi connectivity index (χ3v) is 3.51. The molecule has 0 saturated carbocycles. The van der Waals surface area contributed by atoms with Crippen LogP contribution < -0.4 is 9.47 Å². The normalized spacial score (nSPS) is 13.9. The van der Waals surface area contributed by atoms with Crippen LogP contribution in [0.2, 0.25) is 0 Å². The molecular weight excluding hydrogens is 284 g/mol. The maximum atomic E-state index is 11.9. The second-order valence-electron chi connectivity index (χ2n) is 5.02. The first kappa shape index (κ1) is 14.6. The summed E-state index contributed by atoms with van der Waals surface area (Å²) in [7, 11) is 1.60. The zero-order valence-electron chi connectivity index (χ0n) is 12.7. The van der Waals surface area contributed by atoms with Crippen LogP contribution in [-0.2, 0) is 11.3 Å². The summed E-state index contributed by atoms with van der Waals surface area (Å²) in [5.74, 6) is 1.19. The van der Waals surface area contributed by atoms with E-state index in [9.17, 15) is 4.79 Å². The molecule has 0 aliphatic carbocycles. The number of hydrogen-bond acceptors (Lipinski definition) is 5. The molecule has 0 spiro atoms. The smallest absolute Gasteiger partial charge is 0.416 e. The number of carbonyl (C=O) groups excluding carboxylic acids is 1. The van der Waals surface area contributed by atoms with Crippen LogP contribution in [0.5, 0.6) is 11.6 Å². The molecule has 0 bridgehead atoms. The second-order valence-corrected chi connectivity index (χ2v) is 5.02. The van der Waals surface area contributed by atoms with E-state index in [1.165, 1.54) is 0 Å². The number of nitrogens with zero attached hydrogens (tertiary/aromatic N) is 2. The van der Waals surface area contributed by atoms with Crippen LogP contribution in [0.1, 0.15) is 12.5 Å². The van der Waals surface area contributed by atoms with Gasteiger partial charge in [-0.3, -0.25) is 0 Å². The molecule has 1 aliphatic heterocycles. The van der Waals surface area contributed by atoms with Crippen molar-refractivity contribution in [2.45, 2.75) is 13.5 Å². The first-order chi connectivity index (χ1) is 10.7. The molecule has 1 aromatic carbocycles. The van der Waals surface area contributed by atoms with Crippen molar-refractivity contribution in [2.24, 2.45) is 0 Å². The quantitative estimate of drug-likeness (QED) is 0.849. The van der Waals surface area contributed by atoms with Crippen molar-refractivity contribution in [3.8, 4) is 11.6 Å². The summed E-state index contributed by atoms with van der Waals surface area (Å²) in [5, 5.41) is 0.967. The Hall–Kier alpha value is -2.34. The van der Waals surface area contributed by atoms with Crippen LogP contribution in [0.4, 0.5) is 4.79 Å². The molecule has 6 heteroatoms. The second kappa shape index (κ2) is 6.19. The molecule has 0 N–H and O–H groups in total. The molecule has 2 heterocycles. The Morgan fingerprint density at radius 1 is 1.36 bits per heavy atom. The number of hydrogen-bond donors (Lipinski definition) is 0. The Bertz CT molecular complexity index is 702. The number of methoxy groups -OCH3 is 1. The highest BCUT2D eigenvalue weighted by Crippen LogP contribution is 2.29. The molecule has 6 nitrogen and oxygen atoms in total. The fraction of sp³-hybridized carbons (Fsp3) is 0.375. The maximum absolute atomic E-state index is 11.9. The van der Waals surface area contributed by atoms with E-state index in [0.717, 1.165) is 22.2 Å². The van der Waals surface area contributed by atoms with E-state index in [1.807, 2.05) is 31.2 Å². The summed E-state index contributed by atoms with van der Waals surface area (Å²) in [4.78, 5) is 18.0. The molecular formula is C16H18N2O4. The fourth-order valence-corrected chi connectivity index (χ4v) is 2.43. The third-order valence-electron chi connectivity index (χ3n) is 3.51. The molecule has 2 aromatic rings. The lowest BCUT2D eigenvalue weighted by Crippen LogP contribution is -2.39. The molecule has 1 aromatic heterocycles. The van der Waals surface area contributed by atoms with Gasteiger partial charge in [0.05, 0.1) is 25.3 Å². The summed E-state index contributed by atoms with van der Waals surface area (Å²) in [6.45, 7) is 4.00. The first-order valence-corrected chi connectivity index (χ1v) is 7.23. The highest BCUT2D eigenvalue weighted by Gasteiger charge is 2.26. The summed E-state index contributed by atoms with van der Waals surface area (Å²) in [5.41, 5.74) is 1.66. The summed E-state index contributed by atoms with van der Waals surface area (Å²) >= 11 is 0. The molecule has 0 saturated heterocycles. The molecule has 3 rings (SSSR count). The number of fused-ring (bicyclic) bond motifs is 2. The van der Waals surface area contributed by atoms with Gasteiger partial charge in [0.1, 0.15) is 5.75 Å². The Morgan fingerprint density at radius 2 is 2.23 bits per heavy atom. The van der Waals surface area contributed by atoms with E-state index in [1.54, 1.807) is 12.0 Å². The average Bonchev–Trinajstić information content (AvgIpc) is 2.51. The fourth-order valence-electron chi connectivity index (χ4n) is 2.43. The van der Waals surface area contributed by atoms with Crippen molar-refractivity contribution in [1.82, 2.24) is 9.88 Å². The van der Waals surface area contributed by atoms with Crippen molar-refractivity contribution in [2.75, 3.05) is 26.9 Å². The zero-order chi connectivity index (χ0) is 15.5. The van der Waals surface area contributed by atoms with Gasteiger partial charge in [-0.25, -0.2) is 9.78 Å². The highest BCUT2D eigenvalue weighted by atomic mass is 16.6. The lowest BCUT2D eigenvalue weighted by molar-refractivity contribution is 0.110. The number of rotatable bonds is 5. The van der Waals surface area contributed by atoms with Gasteiger partial charge in [0.2, 0.25) is 5.88 Å². The maximum Gasteiger partial charge on any atom is 0.416 e. The van der Waals surface area contributed by atoms with Crippen LogP contribution in [-0.4, -0.2) is 42.8 Å². The van der Waals surface area contributed by atoms with E-state index < -0.39 is 0 Å². The van der Waals surface area contributed by atoms with Crippen LogP contribution >= 0.6 is 0 Å². The van der Waals surface area contributed by atoms with Gasteiger partial charge in [-0.15, -0.1) is 0 Å². The lowest BCUT2D eigenvalue weighted by Gasteiger charge is -2.27. The summed E-state index contributed by atoms with van der Waals surface area (Å²) < 4.78 is 15.8. The van der Waals surface area contributed by atoms with E-state index in [-0.39, 0.29) is 6.09 Å². The van der Waals surface area contributed by atoms with Crippen molar-refractivity contribution in [3.63, 3.8) is 0 Å². The van der Waals surface area contributed by atoms with Crippen LogP contribution in [0.3, 0.4) is 0 Å². The van der Waals surface area contributed by atoms with Gasteiger partial charge < -0.3 is 19.1 Å². The number of benzene rings is 1. The van der Waals surface area contributed by atoms with Crippen LogP contribution in [0, 0.1) is 0 Å². The number of amides is 1. The molecule has 0 fully saturated rings. The minimum absolute atomic E-state index is 0.385. The lowest BCUT2D eigenvalue weighted by atomic mass is 10.1. The van der Waals surface area contributed by atoms with Gasteiger partial charge >= 0.3 is 6.09 Å². The minimum atomic E-state index is -0.387. The Labute approximate surface area is 128 Å². The predicted octanol–water partition coefficient (Wildman–Crippen LogP) is 2.59. The molecule has 0 radical (unpaired) electrons. The van der Waals surface area contributed by atoms with Gasteiger partial charge in [-0.05, 0) is 31.2 Å².